The number of hydrogen-bond acceptors (Lipinski definition) is 6. The van der Waals surface area contributed by atoms with E-state index in [9.17, 15) is 15.2 Å². The fraction of sp³-hybridized carbons (Fsp3) is 0.250. The molecule has 6 heteroatoms. The van der Waals surface area contributed by atoms with Crippen LogP contribution in [0.25, 0.3) is 0 Å². The van der Waals surface area contributed by atoms with E-state index in [1.807, 2.05) is 60.7 Å². The number of carbonyl (C=O) groups excluding carboxylic acids is 1. The van der Waals surface area contributed by atoms with Crippen molar-refractivity contribution >= 4 is 5.78 Å². The van der Waals surface area contributed by atoms with Crippen LogP contribution in [-0.4, -0.2) is 29.2 Å². The summed E-state index contributed by atoms with van der Waals surface area (Å²) in [6.07, 6.45) is -0.0326. The van der Waals surface area contributed by atoms with E-state index in [0.29, 0.717) is 22.6 Å². The van der Waals surface area contributed by atoms with Gasteiger partial charge in [-0.2, -0.15) is 5.26 Å². The molecule has 1 aromatic heterocycles. The fourth-order valence-electron chi connectivity index (χ4n) is 5.21. The minimum Gasteiger partial charge on any atom is -0.497 e. The van der Waals surface area contributed by atoms with E-state index in [1.165, 1.54) is 6.26 Å². The van der Waals surface area contributed by atoms with E-state index < -0.39 is 29.1 Å². The Bertz CT molecular complexity index is 1400. The van der Waals surface area contributed by atoms with Crippen LogP contribution in [0.2, 0.25) is 0 Å². The number of nitriles is 1. The van der Waals surface area contributed by atoms with Gasteiger partial charge in [0.2, 0.25) is 0 Å². The zero-order valence-corrected chi connectivity index (χ0v) is 21.6. The van der Waals surface area contributed by atoms with Crippen molar-refractivity contribution in [3.63, 3.8) is 0 Å². The molecule has 0 unspecified atom stereocenters. The predicted molar refractivity (Wildman–Crippen MR) is 144 cm³/mol. The standard InChI is InChI=1S/C29H23NO4.C3H8O/c1-33-22-14-8-13-21(17-22)24-25(19-9-4-2-5-10-19)29(18-30,27(31)20-11-6-3-7-12-20)28(32)23-15-16-34-26(23)24;1-3(2)4/h2-17,24-25,28,32H,1H3;3-4H,1-2H3/t24-,25-,28+,29-;/m0./s1. The van der Waals surface area contributed by atoms with Crippen molar-refractivity contribution in [2.45, 2.75) is 37.9 Å². The molecule has 4 aromatic rings. The maximum atomic E-state index is 14.1. The van der Waals surface area contributed by atoms with Gasteiger partial charge in [-0.05, 0) is 43.2 Å². The number of aliphatic hydroxyl groups is 2. The van der Waals surface area contributed by atoms with E-state index in [0.717, 1.165) is 11.1 Å². The number of rotatable bonds is 5. The van der Waals surface area contributed by atoms with Crippen LogP contribution in [0.1, 0.15) is 64.6 Å². The van der Waals surface area contributed by atoms with E-state index in [2.05, 4.69) is 6.07 Å². The van der Waals surface area contributed by atoms with Crippen molar-refractivity contribution in [2.24, 2.45) is 5.41 Å². The number of Topliss-reactive ketones (excluding diaryl/α,β-unsaturated/α-hetero) is 1. The van der Waals surface area contributed by atoms with E-state index in [-0.39, 0.29) is 6.10 Å². The largest absolute Gasteiger partial charge is 0.497 e. The van der Waals surface area contributed by atoms with Crippen LogP contribution in [0.3, 0.4) is 0 Å². The summed E-state index contributed by atoms with van der Waals surface area (Å²) in [4.78, 5) is 14.1. The normalized spacial score (nSPS) is 22.0. The topological polar surface area (TPSA) is 104 Å². The van der Waals surface area contributed by atoms with Gasteiger partial charge in [0.1, 0.15) is 17.6 Å². The van der Waals surface area contributed by atoms with Gasteiger partial charge in [0, 0.05) is 23.1 Å². The Balaban J connectivity index is 0.000000786. The Labute approximate surface area is 222 Å². The molecule has 6 nitrogen and oxygen atoms in total. The first-order valence-corrected chi connectivity index (χ1v) is 12.5. The number of carbonyl (C=O) groups is 1. The van der Waals surface area contributed by atoms with Crippen LogP contribution in [-0.2, 0) is 0 Å². The Hall–Kier alpha value is -4.18. The van der Waals surface area contributed by atoms with Gasteiger partial charge in [0.05, 0.1) is 25.4 Å². The maximum absolute atomic E-state index is 14.1. The molecule has 0 radical (unpaired) electrons. The second-order valence-corrected chi connectivity index (χ2v) is 9.56. The van der Waals surface area contributed by atoms with Crippen LogP contribution in [0.4, 0.5) is 0 Å². The number of hydrogen-bond donors (Lipinski definition) is 2. The maximum Gasteiger partial charge on any atom is 0.186 e. The molecule has 0 aliphatic heterocycles. The van der Waals surface area contributed by atoms with Crippen LogP contribution in [0.5, 0.6) is 5.75 Å². The smallest absolute Gasteiger partial charge is 0.186 e. The van der Waals surface area contributed by atoms with Crippen molar-refractivity contribution in [3.8, 4) is 11.8 Å². The Kier molecular flexibility index (Phi) is 8.11. The van der Waals surface area contributed by atoms with Gasteiger partial charge >= 0.3 is 0 Å². The summed E-state index contributed by atoms with van der Waals surface area (Å²) in [7, 11) is 1.59. The van der Waals surface area contributed by atoms with Gasteiger partial charge in [-0.15, -0.1) is 0 Å². The highest BCUT2D eigenvalue weighted by Gasteiger charge is 2.61. The lowest BCUT2D eigenvalue weighted by Crippen LogP contribution is -2.47. The first kappa shape index (κ1) is 26.9. The molecule has 5 rings (SSSR count). The van der Waals surface area contributed by atoms with Crippen molar-refractivity contribution in [1.29, 1.82) is 5.26 Å². The lowest BCUT2D eigenvalue weighted by Gasteiger charge is -2.45. The van der Waals surface area contributed by atoms with E-state index in [4.69, 9.17) is 14.3 Å². The predicted octanol–water partition coefficient (Wildman–Crippen LogP) is 6.03. The molecule has 0 spiro atoms. The molecule has 3 aromatic carbocycles. The van der Waals surface area contributed by atoms with Crippen molar-refractivity contribution in [2.75, 3.05) is 7.11 Å². The van der Waals surface area contributed by atoms with Crippen molar-refractivity contribution in [3.05, 3.63) is 125 Å². The molecule has 2 N–H and O–H groups in total. The van der Waals surface area contributed by atoms with Crippen LogP contribution < -0.4 is 4.74 Å². The molecule has 0 saturated carbocycles. The highest BCUT2D eigenvalue weighted by atomic mass is 16.5. The molecule has 0 bridgehead atoms. The van der Waals surface area contributed by atoms with Crippen LogP contribution >= 0.6 is 0 Å². The summed E-state index contributed by atoms with van der Waals surface area (Å²) >= 11 is 0. The highest BCUT2D eigenvalue weighted by Crippen LogP contribution is 2.60. The average molecular weight is 510 g/mol. The lowest BCUT2D eigenvalue weighted by molar-refractivity contribution is 0.0229. The third-order valence-electron chi connectivity index (χ3n) is 6.77. The number of ether oxygens (including phenoxy) is 1. The second kappa shape index (κ2) is 11.5. The third-order valence-corrected chi connectivity index (χ3v) is 6.77. The molecule has 194 valence electrons. The molecule has 0 amide bonds. The minimum atomic E-state index is -1.78. The quantitative estimate of drug-likeness (QED) is 0.318. The molecule has 1 aliphatic carbocycles. The second-order valence-electron chi connectivity index (χ2n) is 9.56. The third kappa shape index (κ3) is 4.87. The van der Waals surface area contributed by atoms with E-state index in [1.54, 1.807) is 51.3 Å². The number of furan rings is 1. The van der Waals surface area contributed by atoms with Gasteiger partial charge in [0.25, 0.3) is 0 Å². The van der Waals surface area contributed by atoms with E-state index >= 15 is 0 Å². The number of ketones is 1. The van der Waals surface area contributed by atoms with Gasteiger partial charge < -0.3 is 19.4 Å². The molecule has 1 heterocycles. The van der Waals surface area contributed by atoms with Gasteiger partial charge in [-0.3, -0.25) is 4.79 Å². The lowest BCUT2D eigenvalue weighted by atomic mass is 9.54. The number of methoxy groups -OCH3 is 1. The zero-order valence-electron chi connectivity index (χ0n) is 21.6. The number of benzene rings is 3. The average Bonchev–Trinajstić information content (AvgIpc) is 3.43. The molecule has 0 fully saturated rings. The summed E-state index contributed by atoms with van der Waals surface area (Å²) < 4.78 is 11.4. The first-order valence-electron chi connectivity index (χ1n) is 12.5. The zero-order chi connectivity index (χ0) is 27.3. The molecular formula is C32H31NO5. The van der Waals surface area contributed by atoms with Gasteiger partial charge in [-0.25, -0.2) is 0 Å². The Morgan fingerprint density at radius 2 is 1.58 bits per heavy atom. The monoisotopic (exact) mass is 509 g/mol. The van der Waals surface area contributed by atoms with Gasteiger partial charge in [-0.1, -0.05) is 72.8 Å². The molecule has 38 heavy (non-hydrogen) atoms. The molecular weight excluding hydrogens is 478 g/mol. The molecule has 1 aliphatic rings. The summed E-state index contributed by atoms with van der Waals surface area (Å²) in [5, 5.41) is 30.4. The van der Waals surface area contributed by atoms with Crippen molar-refractivity contribution < 1.29 is 24.2 Å². The summed E-state index contributed by atoms with van der Waals surface area (Å²) in [5.41, 5.74) is 0.637. The van der Waals surface area contributed by atoms with Crippen LogP contribution in [0, 0.1) is 16.7 Å². The number of fused-ring (bicyclic) bond motifs is 1. The SMILES string of the molecule is CC(C)O.COc1cccc([C@@H]2c3occc3[C@@H](O)[C@](C#N)(C(=O)c3ccccc3)[C@H]2c2ccccc2)c1. The Morgan fingerprint density at radius 1 is 0.974 bits per heavy atom. The van der Waals surface area contributed by atoms with Crippen molar-refractivity contribution in [1.82, 2.24) is 0 Å². The summed E-state index contributed by atoms with van der Waals surface area (Å²) in [6.45, 7) is 3.44. The molecule has 4 atom stereocenters. The minimum absolute atomic E-state index is 0.167. The number of nitrogens with zero attached hydrogens (tertiary/aromatic N) is 1. The first-order chi connectivity index (χ1) is 18.3. The molecule has 0 saturated heterocycles. The van der Waals surface area contributed by atoms with Crippen LogP contribution in [0.15, 0.2) is 102 Å². The highest BCUT2D eigenvalue weighted by molar-refractivity contribution is 6.04. The number of aliphatic hydroxyl groups excluding tert-OH is 2. The summed E-state index contributed by atoms with van der Waals surface area (Å²) in [5.74, 6) is -0.441. The summed E-state index contributed by atoms with van der Waals surface area (Å²) in [6, 6.07) is 29.6. The fourth-order valence-corrected chi connectivity index (χ4v) is 5.21. The Morgan fingerprint density at radius 3 is 2.18 bits per heavy atom. The van der Waals surface area contributed by atoms with Gasteiger partial charge in [0.15, 0.2) is 11.2 Å².